The Balaban J connectivity index is 1.38. The highest BCUT2D eigenvalue weighted by atomic mass is 16.3. The van der Waals surface area contributed by atoms with Crippen LogP contribution in [-0.2, 0) is 5.41 Å². The molecular formula is C54H38BNO2. The second-order valence-electron chi connectivity index (χ2n) is 17.3. The molecule has 3 aromatic heterocycles. The highest BCUT2D eigenvalue weighted by Crippen LogP contribution is 2.58. The van der Waals surface area contributed by atoms with Gasteiger partial charge in [0, 0.05) is 65.6 Å². The van der Waals surface area contributed by atoms with Crippen LogP contribution in [0.1, 0.15) is 41.7 Å². The van der Waals surface area contributed by atoms with Crippen molar-refractivity contribution in [3.8, 4) is 27.9 Å². The largest absolute Gasteiger partial charge is 0.456 e. The summed E-state index contributed by atoms with van der Waals surface area (Å²) in [5.74, 6) is 0. The molecule has 274 valence electrons. The summed E-state index contributed by atoms with van der Waals surface area (Å²) < 4.78 is 17.1. The number of rotatable bonds is 3. The van der Waals surface area contributed by atoms with E-state index in [9.17, 15) is 0 Å². The molecule has 0 spiro atoms. The van der Waals surface area contributed by atoms with Gasteiger partial charge in [-0.15, -0.1) is 0 Å². The Kier molecular flexibility index (Phi) is 6.13. The number of fused-ring (bicyclic) bond motifs is 9. The van der Waals surface area contributed by atoms with Crippen molar-refractivity contribution in [3.05, 3.63) is 167 Å². The van der Waals surface area contributed by atoms with Crippen molar-refractivity contribution in [1.29, 1.82) is 0 Å². The smallest absolute Gasteiger partial charge is 0.248 e. The zero-order valence-electron chi connectivity index (χ0n) is 33.1. The molecule has 0 N–H and O–H groups in total. The monoisotopic (exact) mass is 743 g/mol. The predicted molar refractivity (Wildman–Crippen MR) is 244 cm³/mol. The first-order valence-electron chi connectivity index (χ1n) is 20.5. The Bertz CT molecular complexity index is 3600. The zero-order chi connectivity index (χ0) is 38.8. The highest BCUT2D eigenvalue weighted by Gasteiger charge is 2.49. The molecule has 5 heterocycles. The van der Waals surface area contributed by atoms with Crippen LogP contribution in [-0.4, -0.2) is 11.3 Å². The maximum Gasteiger partial charge on any atom is 0.248 e. The maximum atomic E-state index is 7.25. The normalized spacial score (nSPS) is 14.1. The summed E-state index contributed by atoms with van der Waals surface area (Å²) in [6, 6.07) is 51.1. The third-order valence-electron chi connectivity index (χ3n) is 13.6. The van der Waals surface area contributed by atoms with Gasteiger partial charge in [0.1, 0.15) is 22.3 Å². The van der Waals surface area contributed by atoms with Gasteiger partial charge in [-0.05, 0) is 60.5 Å². The van der Waals surface area contributed by atoms with Gasteiger partial charge in [0.2, 0.25) is 6.71 Å². The number of hydrogen-bond acceptors (Lipinski definition) is 2. The first kappa shape index (κ1) is 32.3. The Morgan fingerprint density at radius 1 is 0.500 bits per heavy atom. The Hall–Kier alpha value is -6.78. The van der Waals surface area contributed by atoms with Crippen LogP contribution in [0, 0.1) is 20.8 Å². The fourth-order valence-electron chi connectivity index (χ4n) is 11.7. The van der Waals surface area contributed by atoms with E-state index in [0.717, 1.165) is 33.1 Å². The Morgan fingerprint density at radius 3 is 1.67 bits per heavy atom. The molecule has 0 bridgehead atoms. The van der Waals surface area contributed by atoms with Crippen LogP contribution in [0.15, 0.2) is 148 Å². The van der Waals surface area contributed by atoms with Crippen LogP contribution < -0.4 is 16.4 Å². The molecule has 0 saturated carbocycles. The summed E-state index contributed by atoms with van der Waals surface area (Å²) in [5.41, 5.74) is 22.2. The second kappa shape index (κ2) is 11.0. The third kappa shape index (κ3) is 3.82. The third-order valence-corrected chi connectivity index (χ3v) is 13.6. The average molecular weight is 744 g/mol. The number of furan rings is 2. The van der Waals surface area contributed by atoms with Crippen molar-refractivity contribution in [3.63, 3.8) is 0 Å². The minimum Gasteiger partial charge on any atom is -0.456 e. The van der Waals surface area contributed by atoms with Gasteiger partial charge in [0.25, 0.3) is 0 Å². The van der Waals surface area contributed by atoms with Crippen LogP contribution in [0.4, 0.5) is 0 Å². The van der Waals surface area contributed by atoms with Crippen LogP contribution >= 0.6 is 0 Å². The lowest BCUT2D eigenvalue weighted by atomic mass is 9.33. The van der Waals surface area contributed by atoms with E-state index in [4.69, 9.17) is 8.83 Å². The van der Waals surface area contributed by atoms with E-state index in [1.165, 1.54) is 105 Å². The molecule has 0 saturated heterocycles. The van der Waals surface area contributed by atoms with Gasteiger partial charge >= 0.3 is 0 Å². The molecule has 58 heavy (non-hydrogen) atoms. The molecule has 13 rings (SSSR count). The molecular weight excluding hydrogens is 705 g/mol. The molecule has 2 aliphatic rings. The van der Waals surface area contributed by atoms with Crippen LogP contribution in [0.3, 0.4) is 0 Å². The van der Waals surface area contributed by atoms with E-state index in [-0.39, 0.29) is 6.71 Å². The van der Waals surface area contributed by atoms with E-state index >= 15 is 0 Å². The zero-order valence-corrected chi connectivity index (χ0v) is 33.1. The van der Waals surface area contributed by atoms with E-state index in [1.807, 2.05) is 0 Å². The standard InChI is InChI=1S/C54H38BNO2/c1-29-27-30(2)47(31(3)28-29)55-37-24-16-23-36-42-40(32-17-8-6-9-18-32)43-34-21-12-14-25-38(34)57-52(43)45-50(42)56(49(36)37)51-46(54(45,4)5)53-44(35-22-13-15-26-39(35)58-53)41(48(51)55)33-19-10-7-11-20-33/h6-28H,1-5H3. The first-order valence-corrected chi connectivity index (χ1v) is 20.5. The van der Waals surface area contributed by atoms with Gasteiger partial charge in [-0.3, -0.25) is 0 Å². The summed E-state index contributed by atoms with van der Waals surface area (Å²) in [4.78, 5) is 0. The topological polar surface area (TPSA) is 31.2 Å². The van der Waals surface area contributed by atoms with E-state index in [1.54, 1.807) is 0 Å². The van der Waals surface area contributed by atoms with Crippen LogP contribution in [0.25, 0.3) is 93.6 Å². The average Bonchev–Trinajstić information content (AvgIpc) is 3.91. The number of aryl methyl sites for hydroxylation is 3. The highest BCUT2D eigenvalue weighted by molar-refractivity contribution is 6.99. The van der Waals surface area contributed by atoms with Gasteiger partial charge in [-0.25, -0.2) is 0 Å². The fourth-order valence-corrected chi connectivity index (χ4v) is 11.7. The maximum absolute atomic E-state index is 7.25. The van der Waals surface area contributed by atoms with Gasteiger partial charge in [0.15, 0.2) is 0 Å². The summed E-state index contributed by atoms with van der Waals surface area (Å²) in [6.07, 6.45) is 0. The van der Waals surface area contributed by atoms with Crippen molar-refractivity contribution in [2.24, 2.45) is 0 Å². The molecule has 0 atom stereocenters. The summed E-state index contributed by atoms with van der Waals surface area (Å²) in [7, 11) is 0. The lowest BCUT2D eigenvalue weighted by Gasteiger charge is -2.40. The first-order chi connectivity index (χ1) is 28.3. The van der Waals surface area contributed by atoms with Crippen molar-refractivity contribution >= 4 is 88.8 Å². The lowest BCUT2D eigenvalue weighted by Crippen LogP contribution is -2.59. The van der Waals surface area contributed by atoms with Crippen molar-refractivity contribution in [1.82, 2.24) is 4.57 Å². The van der Waals surface area contributed by atoms with Gasteiger partial charge in [-0.2, -0.15) is 0 Å². The number of nitrogens with zero attached hydrogens (tertiary/aromatic N) is 1. The van der Waals surface area contributed by atoms with E-state index in [2.05, 4.69) is 179 Å². The summed E-state index contributed by atoms with van der Waals surface area (Å²) >= 11 is 0. The van der Waals surface area contributed by atoms with E-state index < -0.39 is 5.41 Å². The molecule has 0 radical (unpaired) electrons. The van der Waals surface area contributed by atoms with Gasteiger partial charge < -0.3 is 13.4 Å². The van der Waals surface area contributed by atoms with Crippen LogP contribution in [0.2, 0.25) is 0 Å². The second-order valence-corrected chi connectivity index (χ2v) is 17.3. The quantitative estimate of drug-likeness (QED) is 0.169. The molecule has 0 unspecified atom stereocenters. The van der Waals surface area contributed by atoms with Gasteiger partial charge in [0.05, 0.1) is 5.52 Å². The lowest BCUT2D eigenvalue weighted by molar-refractivity contribution is 0.587. The van der Waals surface area contributed by atoms with Crippen molar-refractivity contribution < 1.29 is 8.83 Å². The summed E-state index contributed by atoms with van der Waals surface area (Å²) in [6.45, 7) is 11.6. The Morgan fingerprint density at radius 2 is 1.03 bits per heavy atom. The molecule has 3 nitrogen and oxygen atoms in total. The summed E-state index contributed by atoms with van der Waals surface area (Å²) in [5, 5.41) is 7.19. The number of aromatic nitrogens is 1. The number of para-hydroxylation sites is 3. The molecule has 4 heteroatoms. The molecule has 0 aliphatic carbocycles. The molecule has 11 aromatic rings. The minimum atomic E-state index is -0.533. The van der Waals surface area contributed by atoms with Gasteiger partial charge in [-0.1, -0.05) is 163 Å². The predicted octanol–water partition coefficient (Wildman–Crippen LogP) is 12.3. The molecule has 0 fully saturated rings. The molecule has 8 aromatic carbocycles. The number of benzene rings is 8. The van der Waals surface area contributed by atoms with Crippen LogP contribution in [0.5, 0.6) is 0 Å². The minimum absolute atomic E-state index is 0.0375. The fraction of sp³-hybridized carbons (Fsp3) is 0.111. The molecule has 0 amide bonds. The van der Waals surface area contributed by atoms with Crippen molar-refractivity contribution in [2.45, 2.75) is 40.0 Å². The molecule has 2 aliphatic heterocycles. The number of hydrogen-bond donors (Lipinski definition) is 0. The van der Waals surface area contributed by atoms with Crippen molar-refractivity contribution in [2.75, 3.05) is 0 Å². The SMILES string of the molecule is Cc1cc(C)c(B2c3c4c(c5oc6ccccc6c5c3-c3ccccc3)C(C)(C)c3c5oc6ccccc6c5c(-c5ccccc5)c5c6cccc2c6n-4c35)c(C)c1. The Labute approximate surface area is 336 Å². The van der Waals surface area contributed by atoms with E-state index in [0.29, 0.717) is 0 Å².